The maximum Gasteiger partial charge on any atom is 0.270 e. The van der Waals surface area contributed by atoms with Gasteiger partial charge in [-0.25, -0.2) is 4.90 Å². The highest BCUT2D eigenvalue weighted by Gasteiger charge is 2.36. The summed E-state index contributed by atoms with van der Waals surface area (Å²) in [5.74, 6) is -0.531. The van der Waals surface area contributed by atoms with Gasteiger partial charge in [0, 0.05) is 11.4 Å². The van der Waals surface area contributed by atoms with Crippen molar-refractivity contribution in [2.75, 3.05) is 12.0 Å². The first kappa shape index (κ1) is 23.4. The Kier molecular flexibility index (Phi) is 6.15. The summed E-state index contributed by atoms with van der Waals surface area (Å²) in [6.07, 6.45) is 1.64. The number of nitrogens with zero attached hydrogens (tertiary/aromatic N) is 2. The molecule has 3 aromatic rings. The van der Waals surface area contributed by atoms with Gasteiger partial charge >= 0.3 is 0 Å². The number of para-hydroxylation sites is 2. The van der Waals surface area contributed by atoms with Crippen LogP contribution in [0.3, 0.4) is 0 Å². The first-order valence-corrected chi connectivity index (χ1v) is 11.4. The number of carbonyl (C=O) groups is 2. The molecule has 2 aromatic carbocycles. The topological polar surface area (TPSA) is 63.6 Å². The third kappa shape index (κ3) is 3.92. The quantitative estimate of drug-likeness (QED) is 0.334. The number of anilines is 1. The molecule has 0 saturated carbocycles. The Morgan fingerprint density at radius 2 is 1.62 bits per heavy atom. The van der Waals surface area contributed by atoms with Gasteiger partial charge < -0.3 is 9.30 Å². The van der Waals surface area contributed by atoms with E-state index in [1.165, 1.54) is 17.6 Å². The standard InChI is InChI=1S/C27H27N3O3S/c1-15-11-16(2)24(17(3)12-15)29-18(4)13-20(19(29)5)14-21-25(31)28-27(34)30(26(21)32)22-9-7-8-10-23(22)33-6/h7-14H,1-6H3,(H,28,31,34)/b21-14+. The maximum atomic E-state index is 13.5. The highest BCUT2D eigenvalue weighted by Crippen LogP contribution is 2.32. The van der Waals surface area contributed by atoms with Crippen molar-refractivity contribution in [3.05, 3.63) is 81.7 Å². The first-order chi connectivity index (χ1) is 16.1. The minimum Gasteiger partial charge on any atom is -0.495 e. The molecule has 1 aromatic heterocycles. The Bertz CT molecular complexity index is 1360. The number of nitrogens with one attached hydrogen (secondary N) is 1. The van der Waals surface area contributed by atoms with Crippen LogP contribution in [0.25, 0.3) is 11.8 Å². The van der Waals surface area contributed by atoms with E-state index in [4.69, 9.17) is 17.0 Å². The molecule has 2 heterocycles. The lowest BCUT2D eigenvalue weighted by atomic mass is 10.0. The van der Waals surface area contributed by atoms with Gasteiger partial charge in [-0.3, -0.25) is 14.9 Å². The van der Waals surface area contributed by atoms with Gasteiger partial charge in [-0.15, -0.1) is 0 Å². The van der Waals surface area contributed by atoms with Crippen molar-refractivity contribution in [3.8, 4) is 11.4 Å². The van der Waals surface area contributed by atoms with Crippen LogP contribution in [0.4, 0.5) is 5.69 Å². The summed E-state index contributed by atoms with van der Waals surface area (Å²) in [5.41, 5.74) is 7.89. The predicted molar refractivity (Wildman–Crippen MR) is 139 cm³/mol. The molecular weight excluding hydrogens is 446 g/mol. The average Bonchev–Trinajstić information content (AvgIpc) is 3.04. The Morgan fingerprint density at radius 1 is 0.971 bits per heavy atom. The number of ether oxygens (including phenoxy) is 1. The molecule has 1 fully saturated rings. The molecule has 1 aliphatic rings. The number of aromatic nitrogens is 1. The lowest BCUT2D eigenvalue weighted by Crippen LogP contribution is -2.54. The molecule has 6 nitrogen and oxygen atoms in total. The third-order valence-corrected chi connectivity index (χ3v) is 6.34. The van der Waals surface area contributed by atoms with Crippen molar-refractivity contribution in [1.82, 2.24) is 9.88 Å². The summed E-state index contributed by atoms with van der Waals surface area (Å²) in [5, 5.41) is 2.67. The molecule has 0 spiro atoms. The van der Waals surface area contributed by atoms with E-state index in [2.05, 4.69) is 42.8 Å². The highest BCUT2D eigenvalue weighted by molar-refractivity contribution is 7.80. The van der Waals surface area contributed by atoms with Gasteiger partial charge in [0.05, 0.1) is 18.5 Å². The van der Waals surface area contributed by atoms with E-state index in [1.807, 2.05) is 19.9 Å². The Morgan fingerprint density at radius 3 is 2.26 bits per heavy atom. The van der Waals surface area contributed by atoms with Gasteiger partial charge in [0.25, 0.3) is 11.8 Å². The number of methoxy groups -OCH3 is 1. The van der Waals surface area contributed by atoms with Crippen LogP contribution in [0.5, 0.6) is 5.75 Å². The van der Waals surface area contributed by atoms with Gasteiger partial charge in [0.1, 0.15) is 11.3 Å². The molecule has 0 aliphatic carbocycles. The number of carbonyl (C=O) groups excluding carboxylic acids is 2. The molecule has 0 unspecified atom stereocenters. The number of aryl methyl sites for hydroxylation is 4. The molecule has 1 aliphatic heterocycles. The van der Waals surface area contributed by atoms with Gasteiger partial charge in [-0.2, -0.15) is 0 Å². The Labute approximate surface area is 204 Å². The minimum absolute atomic E-state index is 0.0112. The molecule has 174 valence electrons. The van der Waals surface area contributed by atoms with Crippen LogP contribution in [0, 0.1) is 34.6 Å². The molecule has 1 saturated heterocycles. The third-order valence-electron chi connectivity index (χ3n) is 6.06. The van der Waals surface area contributed by atoms with E-state index < -0.39 is 11.8 Å². The predicted octanol–water partition coefficient (Wildman–Crippen LogP) is 4.86. The van der Waals surface area contributed by atoms with Crippen molar-refractivity contribution in [2.24, 2.45) is 0 Å². The maximum absolute atomic E-state index is 13.5. The van der Waals surface area contributed by atoms with Crippen LogP contribution in [-0.2, 0) is 9.59 Å². The van der Waals surface area contributed by atoms with Crippen LogP contribution >= 0.6 is 12.2 Å². The lowest BCUT2D eigenvalue weighted by Gasteiger charge is -2.29. The van der Waals surface area contributed by atoms with Crippen molar-refractivity contribution < 1.29 is 14.3 Å². The average molecular weight is 474 g/mol. The van der Waals surface area contributed by atoms with Crippen LogP contribution in [0.1, 0.15) is 33.6 Å². The van der Waals surface area contributed by atoms with E-state index in [0.29, 0.717) is 11.4 Å². The molecule has 2 amide bonds. The van der Waals surface area contributed by atoms with Crippen LogP contribution in [-0.4, -0.2) is 28.6 Å². The van der Waals surface area contributed by atoms with Crippen LogP contribution < -0.4 is 15.0 Å². The molecule has 4 rings (SSSR count). The lowest BCUT2D eigenvalue weighted by molar-refractivity contribution is -0.122. The van der Waals surface area contributed by atoms with E-state index >= 15 is 0 Å². The van der Waals surface area contributed by atoms with Gasteiger partial charge in [0.2, 0.25) is 0 Å². The number of thiocarbonyl (C=S) groups is 1. The number of amides is 2. The largest absolute Gasteiger partial charge is 0.495 e. The summed E-state index contributed by atoms with van der Waals surface area (Å²) >= 11 is 5.33. The SMILES string of the molecule is COc1ccccc1N1C(=O)/C(=C/c2cc(C)n(-c3c(C)cc(C)cc3C)c2C)C(=O)NC1=S. The molecule has 0 atom stereocenters. The normalized spacial score (nSPS) is 15.2. The Hall–Kier alpha value is -3.71. The zero-order chi connectivity index (χ0) is 24.7. The van der Waals surface area contributed by atoms with E-state index in [-0.39, 0.29) is 10.7 Å². The monoisotopic (exact) mass is 473 g/mol. The van der Waals surface area contributed by atoms with E-state index in [1.54, 1.807) is 30.3 Å². The second kappa shape index (κ2) is 8.91. The summed E-state index contributed by atoms with van der Waals surface area (Å²) in [4.78, 5) is 27.6. The molecule has 34 heavy (non-hydrogen) atoms. The zero-order valence-corrected chi connectivity index (χ0v) is 21.0. The number of rotatable bonds is 4. The van der Waals surface area contributed by atoms with Crippen LogP contribution in [0.15, 0.2) is 48.0 Å². The van der Waals surface area contributed by atoms with E-state index in [9.17, 15) is 9.59 Å². The Balaban J connectivity index is 1.82. The van der Waals surface area contributed by atoms with Gasteiger partial charge in [-0.1, -0.05) is 29.8 Å². The van der Waals surface area contributed by atoms with Gasteiger partial charge in [0.15, 0.2) is 5.11 Å². The number of hydrogen-bond donors (Lipinski definition) is 1. The smallest absolute Gasteiger partial charge is 0.270 e. The molecule has 0 bridgehead atoms. The fourth-order valence-corrected chi connectivity index (χ4v) is 4.92. The summed E-state index contributed by atoms with van der Waals surface area (Å²) in [7, 11) is 1.52. The first-order valence-electron chi connectivity index (χ1n) is 11.0. The van der Waals surface area contributed by atoms with Crippen LogP contribution in [0.2, 0.25) is 0 Å². The summed E-state index contributed by atoms with van der Waals surface area (Å²) in [6, 6.07) is 13.4. The van der Waals surface area contributed by atoms with E-state index in [0.717, 1.165) is 33.8 Å². The van der Waals surface area contributed by atoms with Gasteiger partial charge in [-0.05, 0) is 87.8 Å². The fourth-order valence-electron chi connectivity index (χ4n) is 4.65. The second-order valence-electron chi connectivity index (χ2n) is 8.54. The molecule has 7 heteroatoms. The number of benzene rings is 2. The highest BCUT2D eigenvalue weighted by atomic mass is 32.1. The van der Waals surface area contributed by atoms with Crippen molar-refractivity contribution >= 4 is 40.9 Å². The summed E-state index contributed by atoms with van der Waals surface area (Å²) < 4.78 is 7.58. The molecular formula is C27H27N3O3S. The van der Waals surface area contributed by atoms with Crippen molar-refractivity contribution in [2.45, 2.75) is 34.6 Å². The second-order valence-corrected chi connectivity index (χ2v) is 8.93. The zero-order valence-electron chi connectivity index (χ0n) is 20.1. The summed E-state index contributed by atoms with van der Waals surface area (Å²) in [6.45, 7) is 10.3. The molecule has 0 radical (unpaired) electrons. The molecule has 1 N–H and O–H groups in total. The minimum atomic E-state index is -0.520. The van der Waals surface area contributed by atoms with Crippen molar-refractivity contribution in [1.29, 1.82) is 0 Å². The van der Waals surface area contributed by atoms with Crippen molar-refractivity contribution in [3.63, 3.8) is 0 Å². The fraction of sp³-hybridized carbons (Fsp3) is 0.222. The number of hydrogen-bond acceptors (Lipinski definition) is 4.